The standard InChI is InChI=1S/C23H16BrN3O3/c24-17-11-12-20-16(13-17)14-19(22(29)25-18-9-5-2-6-10-18)23(30-20)27-26-21(28)15-7-3-1-4-8-15/h1-14H,(H,25,29)(H,26,28). The first-order valence-electron chi connectivity index (χ1n) is 9.09. The molecule has 0 aliphatic rings. The number of benzene rings is 3. The van der Waals surface area contributed by atoms with Crippen molar-refractivity contribution in [3.63, 3.8) is 0 Å². The average Bonchev–Trinajstić information content (AvgIpc) is 2.78. The second-order valence-corrected chi connectivity index (χ2v) is 7.30. The molecule has 2 amide bonds. The highest BCUT2D eigenvalue weighted by Crippen LogP contribution is 2.20. The molecule has 7 heteroatoms. The molecule has 0 saturated carbocycles. The number of halogens is 1. The van der Waals surface area contributed by atoms with Gasteiger partial charge in [-0.05, 0) is 48.5 Å². The molecular formula is C23H16BrN3O3. The van der Waals surface area contributed by atoms with Crippen molar-refractivity contribution in [1.29, 1.82) is 0 Å². The van der Waals surface area contributed by atoms with E-state index in [0.717, 1.165) is 9.86 Å². The van der Waals surface area contributed by atoms with Gasteiger partial charge < -0.3 is 9.73 Å². The predicted octanol–water partition coefficient (Wildman–Crippen LogP) is 4.69. The molecule has 0 fully saturated rings. The Labute approximate surface area is 180 Å². The van der Waals surface area contributed by atoms with E-state index < -0.39 is 11.8 Å². The lowest BCUT2D eigenvalue weighted by Gasteiger charge is -2.07. The molecule has 6 nitrogen and oxygen atoms in total. The molecule has 4 rings (SSSR count). The molecule has 4 aromatic rings. The van der Waals surface area contributed by atoms with Crippen LogP contribution in [0.4, 0.5) is 5.69 Å². The zero-order valence-corrected chi connectivity index (χ0v) is 17.2. The Morgan fingerprint density at radius 3 is 2.27 bits per heavy atom. The molecule has 0 aliphatic heterocycles. The van der Waals surface area contributed by atoms with E-state index in [0.29, 0.717) is 16.8 Å². The number of nitrogens with zero attached hydrogens (tertiary/aromatic N) is 1. The molecule has 0 unspecified atom stereocenters. The number of hydrogen-bond donors (Lipinski definition) is 2. The molecule has 0 saturated heterocycles. The maximum absolute atomic E-state index is 12.9. The van der Waals surface area contributed by atoms with Gasteiger partial charge in [0.2, 0.25) is 5.55 Å². The van der Waals surface area contributed by atoms with E-state index in [9.17, 15) is 9.59 Å². The van der Waals surface area contributed by atoms with Crippen LogP contribution in [0.1, 0.15) is 20.7 Å². The van der Waals surface area contributed by atoms with Gasteiger partial charge in [0.15, 0.2) is 0 Å². The van der Waals surface area contributed by atoms with Crippen LogP contribution in [0.25, 0.3) is 11.0 Å². The zero-order valence-electron chi connectivity index (χ0n) is 15.6. The number of carbonyl (C=O) groups is 2. The topological polar surface area (TPSA) is 83.7 Å². The monoisotopic (exact) mass is 461 g/mol. The van der Waals surface area contributed by atoms with Gasteiger partial charge in [0.25, 0.3) is 11.8 Å². The van der Waals surface area contributed by atoms with Crippen molar-refractivity contribution in [2.24, 2.45) is 5.10 Å². The van der Waals surface area contributed by atoms with E-state index in [1.807, 2.05) is 36.4 Å². The minimum atomic E-state index is -0.406. The minimum Gasteiger partial charge on any atom is -0.436 e. The van der Waals surface area contributed by atoms with Crippen LogP contribution in [-0.2, 0) is 0 Å². The molecule has 30 heavy (non-hydrogen) atoms. The molecule has 3 aromatic carbocycles. The third-order valence-corrected chi connectivity index (χ3v) is 4.77. The highest BCUT2D eigenvalue weighted by atomic mass is 79.9. The van der Waals surface area contributed by atoms with Gasteiger partial charge in [0.1, 0.15) is 11.1 Å². The van der Waals surface area contributed by atoms with Gasteiger partial charge in [-0.1, -0.05) is 52.3 Å². The van der Waals surface area contributed by atoms with Gasteiger partial charge in [-0.3, -0.25) is 9.59 Å². The van der Waals surface area contributed by atoms with Crippen molar-refractivity contribution in [1.82, 2.24) is 5.43 Å². The molecule has 0 aliphatic carbocycles. The van der Waals surface area contributed by atoms with Crippen molar-refractivity contribution < 1.29 is 14.0 Å². The van der Waals surface area contributed by atoms with E-state index in [-0.39, 0.29) is 11.1 Å². The number of anilines is 1. The van der Waals surface area contributed by atoms with Gasteiger partial charge in [0, 0.05) is 21.1 Å². The van der Waals surface area contributed by atoms with Gasteiger partial charge in [-0.25, -0.2) is 5.43 Å². The van der Waals surface area contributed by atoms with Crippen LogP contribution >= 0.6 is 15.9 Å². The van der Waals surface area contributed by atoms with Crippen LogP contribution in [0.5, 0.6) is 0 Å². The first kappa shape index (κ1) is 19.6. The molecule has 0 atom stereocenters. The van der Waals surface area contributed by atoms with E-state index in [1.165, 1.54) is 0 Å². The van der Waals surface area contributed by atoms with E-state index >= 15 is 0 Å². The van der Waals surface area contributed by atoms with Gasteiger partial charge >= 0.3 is 0 Å². The van der Waals surface area contributed by atoms with Gasteiger partial charge in [-0.15, -0.1) is 5.10 Å². The van der Waals surface area contributed by atoms with Gasteiger partial charge in [0.05, 0.1) is 0 Å². The second-order valence-electron chi connectivity index (χ2n) is 6.39. The summed E-state index contributed by atoms with van der Waals surface area (Å²) in [6.45, 7) is 0. The fraction of sp³-hybridized carbons (Fsp3) is 0. The first-order valence-corrected chi connectivity index (χ1v) is 9.88. The third kappa shape index (κ3) is 4.47. The quantitative estimate of drug-likeness (QED) is 0.432. The first-order chi connectivity index (χ1) is 14.6. The number of hydrogen-bond acceptors (Lipinski definition) is 4. The van der Waals surface area contributed by atoms with E-state index in [1.54, 1.807) is 48.5 Å². The van der Waals surface area contributed by atoms with Crippen molar-refractivity contribution >= 4 is 44.4 Å². The molecule has 148 valence electrons. The Balaban J connectivity index is 1.74. The predicted molar refractivity (Wildman–Crippen MR) is 118 cm³/mol. The molecule has 0 spiro atoms. The Hall–Kier alpha value is -3.71. The number of amides is 2. The van der Waals surface area contributed by atoms with Crippen molar-refractivity contribution in [3.8, 4) is 0 Å². The Morgan fingerprint density at radius 2 is 1.53 bits per heavy atom. The lowest BCUT2D eigenvalue weighted by Crippen LogP contribution is -2.26. The third-order valence-electron chi connectivity index (χ3n) is 4.28. The van der Waals surface area contributed by atoms with E-state index in [4.69, 9.17) is 4.42 Å². The fourth-order valence-corrected chi connectivity index (χ4v) is 3.20. The Bertz CT molecular complexity index is 1290. The number of fused-ring (bicyclic) bond motifs is 1. The maximum Gasteiger partial charge on any atom is 0.271 e. The summed E-state index contributed by atoms with van der Waals surface area (Å²) in [5.41, 5.74) is 4.26. The van der Waals surface area contributed by atoms with Crippen molar-refractivity contribution in [3.05, 3.63) is 106 Å². The van der Waals surface area contributed by atoms with Crippen LogP contribution in [0, 0.1) is 0 Å². The normalized spacial score (nSPS) is 11.3. The number of carbonyl (C=O) groups excluding carboxylic acids is 2. The van der Waals surface area contributed by atoms with Crippen LogP contribution in [0.2, 0.25) is 0 Å². The molecule has 1 aromatic heterocycles. The van der Waals surface area contributed by atoms with Crippen molar-refractivity contribution in [2.75, 3.05) is 5.32 Å². The zero-order chi connectivity index (χ0) is 20.9. The van der Waals surface area contributed by atoms with Crippen LogP contribution in [0.15, 0.2) is 98.9 Å². The highest BCUT2D eigenvalue weighted by molar-refractivity contribution is 9.10. The summed E-state index contributed by atoms with van der Waals surface area (Å²) in [7, 11) is 0. The fourth-order valence-electron chi connectivity index (χ4n) is 2.82. The molecule has 2 N–H and O–H groups in total. The number of para-hydroxylation sites is 1. The lowest BCUT2D eigenvalue weighted by molar-refractivity contribution is 0.0948. The Kier molecular flexibility index (Phi) is 5.72. The summed E-state index contributed by atoms with van der Waals surface area (Å²) in [6, 6.07) is 24.8. The average molecular weight is 462 g/mol. The van der Waals surface area contributed by atoms with Gasteiger partial charge in [-0.2, -0.15) is 0 Å². The summed E-state index contributed by atoms with van der Waals surface area (Å²) in [6.07, 6.45) is 0. The lowest BCUT2D eigenvalue weighted by atomic mass is 10.1. The molecule has 0 radical (unpaired) electrons. The summed E-state index contributed by atoms with van der Waals surface area (Å²) in [5, 5.41) is 7.61. The van der Waals surface area contributed by atoms with Crippen molar-refractivity contribution in [2.45, 2.75) is 0 Å². The van der Waals surface area contributed by atoms with Crippen LogP contribution < -0.4 is 16.3 Å². The number of nitrogens with one attached hydrogen (secondary N) is 2. The smallest absolute Gasteiger partial charge is 0.271 e. The molecule has 0 bridgehead atoms. The largest absolute Gasteiger partial charge is 0.436 e. The number of rotatable bonds is 4. The highest BCUT2D eigenvalue weighted by Gasteiger charge is 2.14. The summed E-state index contributed by atoms with van der Waals surface area (Å²) >= 11 is 3.42. The summed E-state index contributed by atoms with van der Waals surface area (Å²) < 4.78 is 6.68. The summed E-state index contributed by atoms with van der Waals surface area (Å²) in [4.78, 5) is 25.3. The maximum atomic E-state index is 12.9. The SMILES string of the molecule is O=C(NN=c1oc2ccc(Br)cc2cc1C(=O)Nc1ccccc1)c1ccccc1. The second kappa shape index (κ2) is 8.75. The summed E-state index contributed by atoms with van der Waals surface area (Å²) in [5.74, 6) is -0.810. The van der Waals surface area contributed by atoms with Crippen LogP contribution in [-0.4, -0.2) is 11.8 Å². The minimum absolute atomic E-state index is 0.00235. The van der Waals surface area contributed by atoms with E-state index in [2.05, 4.69) is 31.8 Å². The van der Waals surface area contributed by atoms with Crippen LogP contribution in [0.3, 0.4) is 0 Å². The Morgan fingerprint density at radius 1 is 0.833 bits per heavy atom. The molecular weight excluding hydrogens is 446 g/mol. The molecule has 1 heterocycles.